The molecule has 0 amide bonds. The molecule has 0 aromatic carbocycles. The molecular formula is C38H67NO3. The third-order valence-corrected chi connectivity index (χ3v) is 12.5. The molecule has 0 aromatic heterocycles. The lowest BCUT2D eigenvalue weighted by atomic mass is 9.47. The van der Waals surface area contributed by atoms with Crippen LogP contribution in [0.3, 0.4) is 0 Å². The predicted octanol–water partition coefficient (Wildman–Crippen LogP) is 9.61. The van der Waals surface area contributed by atoms with E-state index in [1.807, 2.05) is 14.1 Å². The molecule has 0 aromatic rings. The van der Waals surface area contributed by atoms with Crippen molar-refractivity contribution in [1.29, 1.82) is 0 Å². The van der Waals surface area contributed by atoms with Crippen LogP contribution >= 0.6 is 0 Å². The van der Waals surface area contributed by atoms with E-state index in [2.05, 4.69) is 38.7 Å². The van der Waals surface area contributed by atoms with Crippen LogP contribution < -0.4 is 0 Å². The number of fused-ring (bicyclic) bond motifs is 5. The number of hydrogen-bond acceptors (Lipinski definition) is 4. The number of esters is 1. The molecule has 3 fully saturated rings. The molecule has 242 valence electrons. The molecule has 7 atom stereocenters. The van der Waals surface area contributed by atoms with Crippen LogP contribution in [0.1, 0.15) is 143 Å². The van der Waals surface area contributed by atoms with Gasteiger partial charge in [0.05, 0.1) is 12.7 Å². The summed E-state index contributed by atoms with van der Waals surface area (Å²) in [4.78, 5) is 13.9. The van der Waals surface area contributed by atoms with E-state index in [-0.39, 0.29) is 5.97 Å². The second kappa shape index (κ2) is 15.9. The SMILES string of the molecule is CC(C)CCCCC1CCC2C3CC=C4CC(OCCCCCCOC(=O)CCCN(C)C)CCC4(C)C3CCC12C. The van der Waals surface area contributed by atoms with Crippen LogP contribution in [0.4, 0.5) is 0 Å². The molecule has 0 aliphatic heterocycles. The summed E-state index contributed by atoms with van der Waals surface area (Å²) < 4.78 is 11.8. The molecule has 0 N–H and O–H groups in total. The van der Waals surface area contributed by atoms with Gasteiger partial charge in [0.15, 0.2) is 0 Å². The fourth-order valence-electron chi connectivity index (χ4n) is 9.90. The minimum absolute atomic E-state index is 0.0463. The van der Waals surface area contributed by atoms with Crippen LogP contribution in [-0.4, -0.2) is 50.8 Å². The molecule has 0 spiro atoms. The minimum Gasteiger partial charge on any atom is -0.466 e. The van der Waals surface area contributed by atoms with Crippen molar-refractivity contribution >= 4 is 5.97 Å². The number of carbonyl (C=O) groups is 1. The summed E-state index contributed by atoms with van der Waals surface area (Å²) in [7, 11) is 4.07. The van der Waals surface area contributed by atoms with Crippen molar-refractivity contribution in [2.75, 3.05) is 33.9 Å². The van der Waals surface area contributed by atoms with Crippen LogP contribution in [0.15, 0.2) is 11.6 Å². The normalized spacial score (nSPS) is 34.2. The van der Waals surface area contributed by atoms with Crippen molar-refractivity contribution in [2.24, 2.45) is 40.4 Å². The summed E-state index contributed by atoms with van der Waals surface area (Å²) in [5.41, 5.74) is 2.78. The van der Waals surface area contributed by atoms with E-state index in [0.29, 0.717) is 30.0 Å². The number of nitrogens with zero attached hydrogens (tertiary/aromatic N) is 1. The summed E-state index contributed by atoms with van der Waals surface area (Å²) in [5.74, 6) is 4.57. The predicted molar refractivity (Wildman–Crippen MR) is 175 cm³/mol. The van der Waals surface area contributed by atoms with Gasteiger partial charge in [0.2, 0.25) is 0 Å². The lowest BCUT2D eigenvalue weighted by Crippen LogP contribution is -2.50. The van der Waals surface area contributed by atoms with Gasteiger partial charge in [0.25, 0.3) is 0 Å². The smallest absolute Gasteiger partial charge is 0.305 e. The summed E-state index contributed by atoms with van der Waals surface area (Å²) >= 11 is 0. The standard InChI is InChI=1S/C38H67NO3/c1-29(2)14-9-10-15-30-18-20-34-33-19-17-31-28-32(21-23-38(31,4)35(33)22-24-37(30,34)3)41-26-11-7-8-12-27-42-36(40)16-13-25-39(5)6/h17,29-30,32-35H,7-16,18-28H2,1-6H3. The first-order valence-corrected chi connectivity index (χ1v) is 18.2. The maximum atomic E-state index is 11.8. The van der Waals surface area contributed by atoms with Crippen LogP contribution in [0.2, 0.25) is 0 Å². The van der Waals surface area contributed by atoms with Gasteiger partial charge in [-0.25, -0.2) is 0 Å². The topological polar surface area (TPSA) is 38.8 Å². The first kappa shape index (κ1) is 34.0. The molecule has 0 heterocycles. The van der Waals surface area contributed by atoms with Gasteiger partial charge in [-0.15, -0.1) is 0 Å². The van der Waals surface area contributed by atoms with Crippen LogP contribution in [0.25, 0.3) is 0 Å². The van der Waals surface area contributed by atoms with Crippen molar-refractivity contribution in [3.8, 4) is 0 Å². The lowest BCUT2D eigenvalue weighted by molar-refractivity contribution is -0.143. The van der Waals surface area contributed by atoms with Gasteiger partial charge in [0.1, 0.15) is 0 Å². The van der Waals surface area contributed by atoms with E-state index >= 15 is 0 Å². The van der Waals surface area contributed by atoms with Crippen molar-refractivity contribution in [2.45, 2.75) is 149 Å². The summed E-state index contributed by atoms with van der Waals surface area (Å²) in [6.45, 7) is 12.5. The Kier molecular flexibility index (Phi) is 12.9. The largest absolute Gasteiger partial charge is 0.466 e. The maximum Gasteiger partial charge on any atom is 0.305 e. The van der Waals surface area contributed by atoms with Crippen LogP contribution in [0, 0.1) is 40.4 Å². The Labute approximate surface area is 260 Å². The Morgan fingerprint density at radius 1 is 0.929 bits per heavy atom. The molecule has 0 saturated heterocycles. The molecule has 4 aliphatic carbocycles. The van der Waals surface area contributed by atoms with E-state index in [9.17, 15) is 4.79 Å². The zero-order valence-electron chi connectivity index (χ0n) is 28.6. The average molecular weight is 586 g/mol. The van der Waals surface area contributed by atoms with Crippen molar-refractivity contribution < 1.29 is 14.3 Å². The zero-order valence-corrected chi connectivity index (χ0v) is 28.6. The van der Waals surface area contributed by atoms with Gasteiger partial charge >= 0.3 is 5.97 Å². The number of unbranched alkanes of at least 4 members (excludes halogenated alkanes) is 4. The van der Waals surface area contributed by atoms with Crippen molar-refractivity contribution in [1.82, 2.24) is 4.90 Å². The highest BCUT2D eigenvalue weighted by Crippen LogP contribution is 2.66. The van der Waals surface area contributed by atoms with E-state index < -0.39 is 0 Å². The van der Waals surface area contributed by atoms with Gasteiger partial charge in [-0.2, -0.15) is 0 Å². The van der Waals surface area contributed by atoms with E-state index in [1.54, 1.807) is 5.57 Å². The first-order chi connectivity index (χ1) is 20.1. The number of rotatable bonds is 17. The van der Waals surface area contributed by atoms with Crippen LogP contribution in [0.5, 0.6) is 0 Å². The van der Waals surface area contributed by atoms with Gasteiger partial charge in [-0.05, 0) is 145 Å². The summed E-state index contributed by atoms with van der Waals surface area (Å²) in [6.07, 6.45) is 25.7. The van der Waals surface area contributed by atoms with Gasteiger partial charge in [-0.1, -0.05) is 65.0 Å². The number of hydrogen-bond donors (Lipinski definition) is 0. The average Bonchev–Trinajstić information content (AvgIpc) is 3.28. The van der Waals surface area contributed by atoms with E-state index in [4.69, 9.17) is 9.47 Å². The highest BCUT2D eigenvalue weighted by molar-refractivity contribution is 5.69. The van der Waals surface area contributed by atoms with Crippen LogP contribution in [-0.2, 0) is 14.3 Å². The maximum absolute atomic E-state index is 11.8. The fourth-order valence-corrected chi connectivity index (χ4v) is 9.90. The molecule has 0 radical (unpaired) electrons. The highest BCUT2D eigenvalue weighted by atomic mass is 16.5. The Balaban J connectivity index is 1.14. The Morgan fingerprint density at radius 3 is 2.48 bits per heavy atom. The number of allylic oxidation sites excluding steroid dienone is 1. The number of carbonyl (C=O) groups excluding carboxylic acids is 1. The summed E-state index contributed by atoms with van der Waals surface area (Å²) in [5, 5.41) is 0. The molecule has 42 heavy (non-hydrogen) atoms. The van der Waals surface area contributed by atoms with Gasteiger partial charge < -0.3 is 14.4 Å². The van der Waals surface area contributed by atoms with Gasteiger partial charge in [-0.3, -0.25) is 4.79 Å². The molecule has 4 rings (SSSR count). The number of ether oxygens (including phenoxy) is 2. The lowest BCUT2D eigenvalue weighted by Gasteiger charge is -2.58. The quantitative estimate of drug-likeness (QED) is 0.0968. The third-order valence-electron chi connectivity index (χ3n) is 12.5. The molecule has 4 aliphatic rings. The first-order valence-electron chi connectivity index (χ1n) is 18.2. The Hall–Kier alpha value is -0.870. The van der Waals surface area contributed by atoms with E-state index in [1.165, 1.54) is 77.0 Å². The van der Waals surface area contributed by atoms with Crippen molar-refractivity contribution in [3.05, 3.63) is 11.6 Å². The fraction of sp³-hybridized carbons (Fsp3) is 0.921. The molecule has 4 nitrogen and oxygen atoms in total. The second-order valence-corrected chi connectivity index (χ2v) is 16.0. The Bertz CT molecular complexity index is 866. The molecule has 0 bridgehead atoms. The minimum atomic E-state index is -0.0463. The second-order valence-electron chi connectivity index (χ2n) is 16.0. The summed E-state index contributed by atoms with van der Waals surface area (Å²) in [6, 6.07) is 0. The molecule has 4 heteroatoms. The zero-order chi connectivity index (χ0) is 30.2. The van der Waals surface area contributed by atoms with E-state index in [0.717, 1.165) is 74.8 Å². The monoisotopic (exact) mass is 586 g/mol. The Morgan fingerprint density at radius 2 is 1.71 bits per heavy atom. The van der Waals surface area contributed by atoms with Crippen molar-refractivity contribution in [3.63, 3.8) is 0 Å². The molecular weight excluding hydrogens is 518 g/mol. The third kappa shape index (κ3) is 8.64. The van der Waals surface area contributed by atoms with Gasteiger partial charge in [0, 0.05) is 13.0 Å². The molecule has 7 unspecified atom stereocenters. The highest BCUT2D eigenvalue weighted by Gasteiger charge is 2.58. The molecule has 3 saturated carbocycles.